The van der Waals surface area contributed by atoms with Crippen molar-refractivity contribution in [3.8, 4) is 0 Å². The fourth-order valence-corrected chi connectivity index (χ4v) is 3.70. The van der Waals surface area contributed by atoms with Gasteiger partial charge in [0.05, 0.1) is 12.0 Å². The summed E-state index contributed by atoms with van der Waals surface area (Å²) in [6.45, 7) is 3.06. The van der Waals surface area contributed by atoms with E-state index in [0.29, 0.717) is 24.6 Å². The predicted molar refractivity (Wildman–Crippen MR) is 97.6 cm³/mol. The van der Waals surface area contributed by atoms with Crippen molar-refractivity contribution < 1.29 is 18.4 Å². The van der Waals surface area contributed by atoms with Crippen LogP contribution in [-0.2, 0) is 4.79 Å². The standard InChI is InChI=1S/C19H21FN2O3S/c1-13-8-11-25-18(13)19(24)21-15-6-9-22(10-7-15)17(23)12-26-16-4-2-14(20)3-5-16/h2-5,8,11,15H,6-7,9-10,12H2,1H3,(H,21,24). The summed E-state index contributed by atoms with van der Waals surface area (Å²) in [4.78, 5) is 27.2. The number of nitrogens with one attached hydrogen (secondary N) is 1. The summed E-state index contributed by atoms with van der Waals surface area (Å²) in [5, 5.41) is 2.97. The van der Waals surface area contributed by atoms with Crippen molar-refractivity contribution in [3.63, 3.8) is 0 Å². The van der Waals surface area contributed by atoms with Crippen molar-refractivity contribution in [2.75, 3.05) is 18.8 Å². The summed E-state index contributed by atoms with van der Waals surface area (Å²) in [6, 6.07) is 7.93. The Bertz CT molecular complexity index is 767. The number of amides is 2. The lowest BCUT2D eigenvalue weighted by atomic mass is 10.0. The average molecular weight is 376 g/mol. The van der Waals surface area contributed by atoms with E-state index in [0.717, 1.165) is 23.3 Å². The number of hydrogen-bond acceptors (Lipinski definition) is 4. The van der Waals surface area contributed by atoms with Gasteiger partial charge in [-0.2, -0.15) is 0 Å². The zero-order valence-electron chi connectivity index (χ0n) is 14.5. The molecule has 1 aliphatic rings. The molecule has 1 aromatic carbocycles. The molecule has 5 nitrogen and oxygen atoms in total. The SMILES string of the molecule is Cc1ccoc1C(=O)NC1CCN(C(=O)CSc2ccc(F)cc2)CC1. The zero-order valence-corrected chi connectivity index (χ0v) is 15.4. The number of rotatable bonds is 5. The highest BCUT2D eigenvalue weighted by molar-refractivity contribution is 8.00. The molecule has 1 aromatic heterocycles. The lowest BCUT2D eigenvalue weighted by Crippen LogP contribution is -2.47. The van der Waals surface area contributed by atoms with Gasteiger partial charge in [0.25, 0.3) is 5.91 Å². The van der Waals surface area contributed by atoms with Gasteiger partial charge in [-0.05, 0) is 50.1 Å². The number of carbonyl (C=O) groups excluding carboxylic acids is 2. The zero-order chi connectivity index (χ0) is 18.5. The first-order chi connectivity index (χ1) is 12.5. The van der Waals surface area contributed by atoms with Crippen LogP contribution in [0.5, 0.6) is 0 Å². The molecule has 0 spiro atoms. The summed E-state index contributed by atoms with van der Waals surface area (Å²) in [6.07, 6.45) is 2.95. The molecular weight excluding hydrogens is 355 g/mol. The minimum absolute atomic E-state index is 0.0424. The Hall–Kier alpha value is -2.28. The molecule has 1 saturated heterocycles. The van der Waals surface area contributed by atoms with Gasteiger partial charge in [-0.15, -0.1) is 11.8 Å². The van der Waals surface area contributed by atoms with Crippen LogP contribution in [0.4, 0.5) is 4.39 Å². The number of carbonyl (C=O) groups is 2. The molecule has 0 bridgehead atoms. The van der Waals surface area contributed by atoms with Gasteiger partial charge in [0.15, 0.2) is 5.76 Å². The molecule has 7 heteroatoms. The molecule has 1 N–H and O–H groups in total. The fraction of sp³-hybridized carbons (Fsp3) is 0.368. The van der Waals surface area contributed by atoms with E-state index in [2.05, 4.69) is 5.32 Å². The van der Waals surface area contributed by atoms with Crippen molar-refractivity contribution in [2.24, 2.45) is 0 Å². The molecule has 0 radical (unpaired) electrons. The summed E-state index contributed by atoms with van der Waals surface area (Å²) >= 11 is 1.40. The topological polar surface area (TPSA) is 62.6 Å². The van der Waals surface area contributed by atoms with E-state index >= 15 is 0 Å². The molecule has 1 aliphatic heterocycles. The Balaban J connectivity index is 1.43. The van der Waals surface area contributed by atoms with Gasteiger partial charge in [-0.25, -0.2) is 4.39 Å². The molecule has 0 unspecified atom stereocenters. The minimum atomic E-state index is -0.283. The maximum atomic E-state index is 12.9. The molecule has 26 heavy (non-hydrogen) atoms. The Kier molecular flexibility index (Phi) is 5.98. The Labute approximate surface area is 155 Å². The number of benzene rings is 1. The highest BCUT2D eigenvalue weighted by atomic mass is 32.2. The average Bonchev–Trinajstić information content (AvgIpc) is 3.08. The Morgan fingerprint density at radius 3 is 2.54 bits per heavy atom. The van der Waals surface area contributed by atoms with E-state index in [1.807, 2.05) is 11.8 Å². The van der Waals surface area contributed by atoms with Crippen LogP contribution < -0.4 is 5.32 Å². The third-order valence-corrected chi connectivity index (χ3v) is 5.42. The number of piperidine rings is 1. The second-order valence-corrected chi connectivity index (χ2v) is 7.35. The fourth-order valence-electron chi connectivity index (χ4n) is 2.90. The number of halogens is 1. The third kappa shape index (κ3) is 4.66. The predicted octanol–water partition coefficient (Wildman–Crippen LogP) is 3.24. The largest absolute Gasteiger partial charge is 0.459 e. The monoisotopic (exact) mass is 376 g/mol. The molecule has 2 heterocycles. The Morgan fingerprint density at radius 1 is 1.23 bits per heavy atom. The van der Waals surface area contributed by atoms with E-state index in [9.17, 15) is 14.0 Å². The van der Waals surface area contributed by atoms with Gasteiger partial charge in [0.1, 0.15) is 5.82 Å². The van der Waals surface area contributed by atoms with Crippen molar-refractivity contribution in [1.82, 2.24) is 10.2 Å². The first kappa shape index (κ1) is 18.5. The molecule has 0 atom stereocenters. The van der Waals surface area contributed by atoms with Gasteiger partial charge in [0, 0.05) is 29.6 Å². The van der Waals surface area contributed by atoms with Crippen LogP contribution >= 0.6 is 11.8 Å². The molecular formula is C19H21FN2O3S. The molecule has 2 amide bonds. The second-order valence-electron chi connectivity index (χ2n) is 6.30. The van der Waals surface area contributed by atoms with Crippen LogP contribution in [0.15, 0.2) is 45.9 Å². The van der Waals surface area contributed by atoms with Crippen molar-refractivity contribution in [3.05, 3.63) is 53.7 Å². The van der Waals surface area contributed by atoms with Gasteiger partial charge >= 0.3 is 0 Å². The van der Waals surface area contributed by atoms with Crippen LogP contribution in [-0.4, -0.2) is 41.6 Å². The van der Waals surface area contributed by atoms with Crippen LogP contribution in [0.3, 0.4) is 0 Å². The summed E-state index contributed by atoms with van der Waals surface area (Å²) in [5.41, 5.74) is 0.813. The normalized spacial score (nSPS) is 15.1. The molecule has 1 fully saturated rings. The summed E-state index contributed by atoms with van der Waals surface area (Å²) < 4.78 is 18.1. The van der Waals surface area contributed by atoms with Crippen molar-refractivity contribution in [2.45, 2.75) is 30.7 Å². The highest BCUT2D eigenvalue weighted by Crippen LogP contribution is 2.20. The van der Waals surface area contributed by atoms with Crippen LogP contribution in [0.1, 0.15) is 29.0 Å². The number of thioether (sulfide) groups is 1. The van der Waals surface area contributed by atoms with Crippen LogP contribution in [0.2, 0.25) is 0 Å². The smallest absolute Gasteiger partial charge is 0.287 e. The maximum Gasteiger partial charge on any atom is 0.287 e. The lowest BCUT2D eigenvalue weighted by Gasteiger charge is -2.32. The molecule has 0 aliphatic carbocycles. The highest BCUT2D eigenvalue weighted by Gasteiger charge is 2.25. The van der Waals surface area contributed by atoms with E-state index in [4.69, 9.17) is 4.42 Å². The Morgan fingerprint density at radius 2 is 1.92 bits per heavy atom. The molecule has 138 valence electrons. The van der Waals surface area contributed by atoms with E-state index in [1.54, 1.807) is 18.2 Å². The number of hydrogen-bond donors (Lipinski definition) is 1. The summed E-state index contributed by atoms with van der Waals surface area (Å²) in [5.74, 6) is 0.248. The molecule has 3 rings (SSSR count). The van der Waals surface area contributed by atoms with Crippen LogP contribution in [0.25, 0.3) is 0 Å². The van der Waals surface area contributed by atoms with Gasteiger partial charge < -0.3 is 14.6 Å². The van der Waals surface area contributed by atoms with Gasteiger partial charge in [0.2, 0.25) is 5.91 Å². The van der Waals surface area contributed by atoms with Crippen molar-refractivity contribution >= 4 is 23.6 Å². The first-order valence-electron chi connectivity index (χ1n) is 8.54. The molecule has 2 aromatic rings. The third-order valence-electron chi connectivity index (χ3n) is 4.43. The second kappa shape index (κ2) is 8.40. The summed E-state index contributed by atoms with van der Waals surface area (Å²) in [7, 11) is 0. The number of furan rings is 1. The first-order valence-corrected chi connectivity index (χ1v) is 9.52. The minimum Gasteiger partial charge on any atom is -0.459 e. The molecule has 0 saturated carbocycles. The van der Waals surface area contributed by atoms with E-state index in [1.165, 1.54) is 30.2 Å². The van der Waals surface area contributed by atoms with Gasteiger partial charge in [-0.1, -0.05) is 0 Å². The van der Waals surface area contributed by atoms with Crippen LogP contribution in [0, 0.1) is 12.7 Å². The number of likely N-dealkylation sites (tertiary alicyclic amines) is 1. The maximum absolute atomic E-state index is 12.9. The van der Waals surface area contributed by atoms with E-state index < -0.39 is 0 Å². The lowest BCUT2D eigenvalue weighted by molar-refractivity contribution is -0.129. The van der Waals surface area contributed by atoms with Crippen molar-refractivity contribution in [1.29, 1.82) is 0 Å². The van der Waals surface area contributed by atoms with Gasteiger partial charge in [-0.3, -0.25) is 9.59 Å². The quantitative estimate of drug-likeness (QED) is 0.814. The van der Waals surface area contributed by atoms with E-state index in [-0.39, 0.29) is 23.7 Å². The number of aryl methyl sites for hydroxylation is 1. The number of nitrogens with zero attached hydrogens (tertiary/aromatic N) is 1.